The number of rotatable bonds is 3. The average molecular weight is 210 g/mol. The van der Waals surface area contributed by atoms with Crippen molar-refractivity contribution in [1.29, 1.82) is 0 Å². The maximum atomic E-state index is 5.99. The van der Waals surface area contributed by atoms with Gasteiger partial charge in [0, 0.05) is 0 Å². The summed E-state index contributed by atoms with van der Waals surface area (Å²) in [6.45, 7) is 1.80. The van der Waals surface area contributed by atoms with Crippen molar-refractivity contribution in [3.05, 3.63) is 40.9 Å². The number of halogens is 1. The lowest BCUT2D eigenvalue weighted by Gasteiger charge is -1.97. The summed E-state index contributed by atoms with van der Waals surface area (Å²) in [7, 11) is 1.50. The number of benzene rings is 1. The molecule has 2 nitrogen and oxygen atoms in total. The summed E-state index contributed by atoms with van der Waals surface area (Å²) in [5.41, 5.74) is 1.71. The molecule has 0 aliphatic rings. The molecular weight excluding hydrogens is 198 g/mol. The molecule has 0 bridgehead atoms. The molecule has 0 aliphatic carbocycles. The first kappa shape index (κ1) is 10.8. The Morgan fingerprint density at radius 2 is 2.00 bits per heavy atom. The first-order valence-corrected chi connectivity index (χ1v) is 4.62. The zero-order valence-electron chi connectivity index (χ0n) is 8.20. The van der Waals surface area contributed by atoms with Crippen molar-refractivity contribution < 1.29 is 4.84 Å². The van der Waals surface area contributed by atoms with Crippen molar-refractivity contribution in [3.8, 4) is 0 Å². The van der Waals surface area contributed by atoms with Gasteiger partial charge in [-0.25, -0.2) is 0 Å². The number of allylic oxidation sites excluding steroid dienone is 1. The molecule has 74 valence electrons. The second kappa shape index (κ2) is 5.45. The van der Waals surface area contributed by atoms with Gasteiger partial charge in [0.2, 0.25) is 0 Å². The maximum Gasteiger partial charge on any atom is 0.106 e. The minimum atomic E-state index is 0.582. The standard InChI is InChI=1S/C11H12ClNO/c1-9(13-14-2)11(12)8-10-6-4-3-5-7-10/h3-8H,1-2H3/b11-8-,13-9+. The lowest BCUT2D eigenvalue weighted by Crippen LogP contribution is -1.91. The van der Waals surface area contributed by atoms with Gasteiger partial charge < -0.3 is 4.84 Å². The van der Waals surface area contributed by atoms with Crippen molar-refractivity contribution in [2.24, 2.45) is 5.16 Å². The molecule has 0 fully saturated rings. The molecule has 0 amide bonds. The van der Waals surface area contributed by atoms with E-state index < -0.39 is 0 Å². The topological polar surface area (TPSA) is 21.6 Å². The molecule has 0 unspecified atom stereocenters. The fraction of sp³-hybridized carbons (Fsp3) is 0.182. The SMILES string of the molecule is CO/N=C(C)/C(Cl)=C/c1ccccc1. The molecule has 0 atom stereocenters. The summed E-state index contributed by atoms with van der Waals surface area (Å²) >= 11 is 5.99. The van der Waals surface area contributed by atoms with E-state index in [0.29, 0.717) is 10.7 Å². The van der Waals surface area contributed by atoms with Gasteiger partial charge in [0.1, 0.15) is 7.11 Å². The van der Waals surface area contributed by atoms with Crippen molar-refractivity contribution in [2.75, 3.05) is 7.11 Å². The van der Waals surface area contributed by atoms with E-state index in [9.17, 15) is 0 Å². The van der Waals surface area contributed by atoms with E-state index in [2.05, 4.69) is 9.99 Å². The summed E-state index contributed by atoms with van der Waals surface area (Å²) in [6.07, 6.45) is 1.85. The summed E-state index contributed by atoms with van der Waals surface area (Å²) in [6, 6.07) is 9.82. The Bertz CT molecular complexity index is 344. The van der Waals surface area contributed by atoms with Crippen LogP contribution in [0, 0.1) is 0 Å². The molecule has 1 aromatic rings. The normalized spacial score (nSPS) is 12.8. The van der Waals surface area contributed by atoms with Gasteiger partial charge in [0.05, 0.1) is 10.7 Å². The van der Waals surface area contributed by atoms with Gasteiger partial charge in [-0.1, -0.05) is 47.1 Å². The third-order valence-electron chi connectivity index (χ3n) is 1.67. The van der Waals surface area contributed by atoms with Gasteiger partial charge in [0.15, 0.2) is 0 Å². The van der Waals surface area contributed by atoms with E-state index in [0.717, 1.165) is 5.56 Å². The predicted octanol–water partition coefficient (Wildman–Crippen LogP) is 3.29. The van der Waals surface area contributed by atoms with Crippen LogP contribution < -0.4 is 0 Å². The molecule has 0 aliphatic heterocycles. The Balaban J connectivity index is 2.84. The van der Waals surface area contributed by atoms with Gasteiger partial charge in [-0.2, -0.15) is 0 Å². The van der Waals surface area contributed by atoms with Gasteiger partial charge in [0.25, 0.3) is 0 Å². The molecule has 0 radical (unpaired) electrons. The summed E-state index contributed by atoms with van der Waals surface area (Å²) < 4.78 is 0. The monoisotopic (exact) mass is 209 g/mol. The van der Waals surface area contributed by atoms with Gasteiger partial charge in [-0.15, -0.1) is 0 Å². The number of oxime groups is 1. The second-order valence-electron chi connectivity index (χ2n) is 2.76. The molecule has 1 rings (SSSR count). The smallest absolute Gasteiger partial charge is 0.106 e. The number of nitrogens with zero attached hydrogens (tertiary/aromatic N) is 1. The fourth-order valence-corrected chi connectivity index (χ4v) is 1.14. The van der Waals surface area contributed by atoms with Crippen molar-refractivity contribution in [3.63, 3.8) is 0 Å². The molecule has 3 heteroatoms. The van der Waals surface area contributed by atoms with Crippen LogP contribution >= 0.6 is 11.6 Å². The fourth-order valence-electron chi connectivity index (χ4n) is 0.981. The summed E-state index contributed by atoms with van der Waals surface area (Å²) in [5, 5.41) is 4.32. The molecule has 0 saturated carbocycles. The van der Waals surface area contributed by atoms with Crippen LogP contribution in [0.4, 0.5) is 0 Å². The predicted molar refractivity (Wildman–Crippen MR) is 60.4 cm³/mol. The number of hydrogen-bond acceptors (Lipinski definition) is 2. The molecule has 0 saturated heterocycles. The highest BCUT2D eigenvalue weighted by molar-refractivity contribution is 6.45. The molecule has 0 spiro atoms. The highest BCUT2D eigenvalue weighted by Crippen LogP contribution is 2.11. The Kier molecular flexibility index (Phi) is 4.20. The Labute approximate surface area is 88.8 Å². The zero-order chi connectivity index (χ0) is 10.4. The Morgan fingerprint density at radius 3 is 2.57 bits per heavy atom. The lowest BCUT2D eigenvalue weighted by molar-refractivity contribution is 0.213. The highest BCUT2D eigenvalue weighted by Gasteiger charge is 1.97. The van der Waals surface area contributed by atoms with Crippen molar-refractivity contribution in [1.82, 2.24) is 0 Å². The summed E-state index contributed by atoms with van der Waals surface area (Å²) in [5.74, 6) is 0. The van der Waals surface area contributed by atoms with Gasteiger partial charge >= 0.3 is 0 Å². The van der Waals surface area contributed by atoms with Crippen LogP contribution in [-0.2, 0) is 4.84 Å². The van der Waals surface area contributed by atoms with Gasteiger partial charge in [-0.3, -0.25) is 0 Å². The molecule has 14 heavy (non-hydrogen) atoms. The van der Waals surface area contributed by atoms with Crippen LogP contribution in [0.1, 0.15) is 12.5 Å². The maximum absolute atomic E-state index is 5.99. The number of hydrogen-bond donors (Lipinski definition) is 0. The van der Waals surface area contributed by atoms with Gasteiger partial charge in [-0.05, 0) is 18.6 Å². The Morgan fingerprint density at radius 1 is 1.36 bits per heavy atom. The van der Waals surface area contributed by atoms with Crippen LogP contribution in [0.2, 0.25) is 0 Å². The first-order chi connectivity index (χ1) is 6.74. The third kappa shape index (κ3) is 3.23. The van der Waals surface area contributed by atoms with E-state index in [1.165, 1.54) is 7.11 Å². The highest BCUT2D eigenvalue weighted by atomic mass is 35.5. The minimum Gasteiger partial charge on any atom is -0.399 e. The van der Waals surface area contributed by atoms with Crippen LogP contribution in [-0.4, -0.2) is 12.8 Å². The second-order valence-corrected chi connectivity index (χ2v) is 3.17. The van der Waals surface area contributed by atoms with Crippen LogP contribution in [0.25, 0.3) is 6.08 Å². The Hall–Kier alpha value is -1.28. The van der Waals surface area contributed by atoms with Crippen LogP contribution in [0.3, 0.4) is 0 Å². The van der Waals surface area contributed by atoms with Crippen LogP contribution in [0.5, 0.6) is 0 Å². The van der Waals surface area contributed by atoms with Crippen molar-refractivity contribution in [2.45, 2.75) is 6.92 Å². The quantitative estimate of drug-likeness (QED) is 0.553. The average Bonchev–Trinajstić information content (AvgIpc) is 2.19. The molecular formula is C11H12ClNO. The minimum absolute atomic E-state index is 0.582. The lowest BCUT2D eigenvalue weighted by atomic mass is 10.2. The van der Waals surface area contributed by atoms with Crippen LogP contribution in [0.15, 0.2) is 40.5 Å². The molecule has 1 aromatic carbocycles. The van der Waals surface area contributed by atoms with E-state index in [1.54, 1.807) is 6.92 Å². The zero-order valence-corrected chi connectivity index (χ0v) is 8.95. The van der Waals surface area contributed by atoms with E-state index in [1.807, 2.05) is 36.4 Å². The summed E-state index contributed by atoms with van der Waals surface area (Å²) in [4.78, 5) is 4.63. The van der Waals surface area contributed by atoms with E-state index in [-0.39, 0.29) is 0 Å². The largest absolute Gasteiger partial charge is 0.399 e. The third-order valence-corrected chi connectivity index (χ3v) is 2.05. The van der Waals surface area contributed by atoms with Crippen molar-refractivity contribution >= 4 is 23.4 Å². The van der Waals surface area contributed by atoms with E-state index >= 15 is 0 Å². The molecule has 0 N–H and O–H groups in total. The first-order valence-electron chi connectivity index (χ1n) is 4.24. The van der Waals surface area contributed by atoms with E-state index in [4.69, 9.17) is 11.6 Å². The molecule has 0 aromatic heterocycles. The molecule has 0 heterocycles.